The van der Waals surface area contributed by atoms with Crippen molar-refractivity contribution in [3.8, 4) is 5.88 Å². The third-order valence-electron chi connectivity index (χ3n) is 6.80. The lowest BCUT2D eigenvalue weighted by atomic mass is 9.78. The fraction of sp³-hybridized carbons (Fsp3) is 0.500. The Morgan fingerprint density at radius 2 is 1.79 bits per heavy atom. The summed E-state index contributed by atoms with van der Waals surface area (Å²) in [5.41, 5.74) is 0.228. The van der Waals surface area contributed by atoms with Gasteiger partial charge in [-0.2, -0.15) is 17.5 Å². The third kappa shape index (κ3) is 6.41. The first-order valence-corrected chi connectivity index (χ1v) is 13.4. The fourth-order valence-electron chi connectivity index (χ4n) is 4.46. The van der Waals surface area contributed by atoms with Crippen molar-refractivity contribution in [2.45, 2.75) is 36.8 Å². The van der Waals surface area contributed by atoms with Crippen LogP contribution >= 0.6 is 0 Å². The molecule has 206 valence electrons. The molecule has 14 heteroatoms. The van der Waals surface area contributed by atoms with E-state index >= 15 is 0 Å². The molecule has 0 atom stereocenters. The Bertz CT molecular complexity index is 1260. The van der Waals surface area contributed by atoms with Crippen LogP contribution in [0.5, 0.6) is 5.88 Å². The predicted octanol–water partition coefficient (Wildman–Crippen LogP) is 2.83. The summed E-state index contributed by atoms with van der Waals surface area (Å²) in [6.45, 7) is 2.46. The molecule has 0 unspecified atom stereocenters. The summed E-state index contributed by atoms with van der Waals surface area (Å²) in [6.07, 6.45) is 3.21. The molecule has 0 aromatic carbocycles. The molecule has 0 bridgehead atoms. The molecule has 2 aromatic rings. The van der Waals surface area contributed by atoms with Crippen LogP contribution in [0, 0.1) is 11.3 Å². The average Bonchev–Trinajstić information content (AvgIpc) is 3.71. The SMILES string of the molecule is O=C(O)C(F)(F)F.O=C(c1cccnc1)N1CCC2(CC1)COc1ncccc1S(=O)(=O)N(CC1CC1)C2. The van der Waals surface area contributed by atoms with Crippen LogP contribution in [0.15, 0.2) is 47.8 Å². The summed E-state index contributed by atoms with van der Waals surface area (Å²) >= 11 is 0. The van der Waals surface area contributed by atoms with Crippen molar-refractivity contribution in [1.29, 1.82) is 0 Å². The molecular formula is C24H27F3N4O6S. The molecule has 4 heterocycles. The topological polar surface area (TPSA) is 130 Å². The number of piperidine rings is 1. The number of ether oxygens (including phenoxy) is 1. The lowest BCUT2D eigenvalue weighted by Crippen LogP contribution is -2.52. The highest BCUT2D eigenvalue weighted by atomic mass is 32.2. The second-order valence-electron chi connectivity index (χ2n) is 9.67. The van der Waals surface area contributed by atoms with E-state index in [-0.39, 0.29) is 22.1 Å². The van der Waals surface area contributed by atoms with Gasteiger partial charge in [0.1, 0.15) is 4.90 Å². The number of fused-ring (bicyclic) bond motifs is 1. The molecule has 1 N–H and O–H groups in total. The number of pyridine rings is 2. The number of likely N-dealkylation sites (tertiary alicyclic amines) is 1. The lowest BCUT2D eigenvalue weighted by molar-refractivity contribution is -0.192. The highest BCUT2D eigenvalue weighted by molar-refractivity contribution is 7.89. The Morgan fingerprint density at radius 3 is 2.37 bits per heavy atom. The van der Waals surface area contributed by atoms with Crippen LogP contribution in [0.25, 0.3) is 0 Å². The van der Waals surface area contributed by atoms with Crippen molar-refractivity contribution in [2.75, 3.05) is 32.8 Å². The predicted molar refractivity (Wildman–Crippen MR) is 127 cm³/mol. The summed E-state index contributed by atoms with van der Waals surface area (Å²) < 4.78 is 66.3. The number of aliphatic carboxylic acids is 1. The molecule has 3 aliphatic rings. The molecule has 2 fully saturated rings. The summed E-state index contributed by atoms with van der Waals surface area (Å²) in [5.74, 6) is -2.19. The Kier molecular flexibility index (Phi) is 7.93. The van der Waals surface area contributed by atoms with Crippen LogP contribution in [0.4, 0.5) is 13.2 Å². The number of amides is 1. The van der Waals surface area contributed by atoms with Crippen molar-refractivity contribution in [3.05, 3.63) is 48.4 Å². The Labute approximate surface area is 217 Å². The maximum atomic E-state index is 13.5. The van der Waals surface area contributed by atoms with Crippen molar-refractivity contribution in [1.82, 2.24) is 19.2 Å². The van der Waals surface area contributed by atoms with Gasteiger partial charge in [0.05, 0.1) is 12.2 Å². The van der Waals surface area contributed by atoms with Crippen molar-refractivity contribution >= 4 is 21.9 Å². The van der Waals surface area contributed by atoms with Gasteiger partial charge in [-0.05, 0) is 55.9 Å². The molecule has 0 radical (unpaired) electrons. The van der Waals surface area contributed by atoms with Gasteiger partial charge in [0.2, 0.25) is 15.9 Å². The van der Waals surface area contributed by atoms with Gasteiger partial charge in [-0.3, -0.25) is 9.78 Å². The van der Waals surface area contributed by atoms with E-state index in [4.69, 9.17) is 14.6 Å². The van der Waals surface area contributed by atoms with Crippen molar-refractivity contribution in [3.63, 3.8) is 0 Å². The largest absolute Gasteiger partial charge is 0.490 e. The highest BCUT2D eigenvalue weighted by Crippen LogP contribution is 2.41. The number of aromatic nitrogens is 2. The first-order chi connectivity index (χ1) is 17.9. The molecule has 38 heavy (non-hydrogen) atoms. The van der Waals surface area contributed by atoms with Gasteiger partial charge in [0, 0.05) is 50.2 Å². The Balaban J connectivity index is 0.000000426. The molecule has 1 spiro atoms. The standard InChI is InChI=1S/C22H26N4O4S.C2HF3O2/c27-21(18-3-1-9-23-13-18)25-11-7-22(8-12-25)15-26(14-17-5-6-17)31(28,29)19-4-2-10-24-20(19)30-16-22;3-2(4,5)1(6)7/h1-4,9-10,13,17H,5-8,11-12,14-16H2;(H,6,7). The van der Waals surface area contributed by atoms with Crippen molar-refractivity contribution < 1.29 is 41.0 Å². The van der Waals surface area contributed by atoms with E-state index in [0.717, 1.165) is 12.8 Å². The van der Waals surface area contributed by atoms with Crippen LogP contribution in [-0.4, -0.2) is 83.5 Å². The van der Waals surface area contributed by atoms with Gasteiger partial charge in [0.25, 0.3) is 5.91 Å². The number of halogens is 3. The van der Waals surface area contributed by atoms with E-state index in [9.17, 15) is 26.4 Å². The van der Waals surface area contributed by atoms with Crippen LogP contribution in [0.1, 0.15) is 36.0 Å². The zero-order valence-corrected chi connectivity index (χ0v) is 21.1. The second-order valence-corrected chi connectivity index (χ2v) is 11.6. The number of carbonyl (C=O) groups excluding carboxylic acids is 1. The minimum Gasteiger partial charge on any atom is -0.476 e. The molecule has 10 nitrogen and oxygen atoms in total. The number of rotatable bonds is 3. The number of alkyl halides is 3. The summed E-state index contributed by atoms with van der Waals surface area (Å²) in [5, 5.41) is 7.12. The quantitative estimate of drug-likeness (QED) is 0.611. The molecule has 2 aromatic heterocycles. The van der Waals surface area contributed by atoms with Gasteiger partial charge in [-0.1, -0.05) is 0 Å². The minimum atomic E-state index is -5.08. The van der Waals surface area contributed by atoms with E-state index in [2.05, 4.69) is 9.97 Å². The summed E-state index contributed by atoms with van der Waals surface area (Å²) in [7, 11) is -3.69. The highest BCUT2D eigenvalue weighted by Gasteiger charge is 2.45. The maximum absolute atomic E-state index is 13.5. The molecule has 1 aliphatic carbocycles. The minimum absolute atomic E-state index is 0.0378. The first kappa shape index (κ1) is 27.8. The molecule has 1 saturated carbocycles. The zero-order chi connectivity index (χ0) is 27.6. The normalized spacial score (nSPS) is 20.7. The number of carbonyl (C=O) groups is 2. The molecule has 1 saturated heterocycles. The fourth-order valence-corrected chi connectivity index (χ4v) is 6.17. The molecular weight excluding hydrogens is 529 g/mol. The number of hydrogen-bond donors (Lipinski definition) is 1. The van der Waals surface area contributed by atoms with Crippen LogP contribution in [0.3, 0.4) is 0 Å². The Hall–Kier alpha value is -3.26. The monoisotopic (exact) mass is 556 g/mol. The zero-order valence-electron chi connectivity index (χ0n) is 20.3. The molecule has 2 aliphatic heterocycles. The number of carboxylic acid groups (broad SMARTS) is 1. The number of carboxylic acids is 1. The van der Waals surface area contributed by atoms with Crippen LogP contribution < -0.4 is 4.74 Å². The van der Waals surface area contributed by atoms with E-state index < -0.39 is 22.2 Å². The van der Waals surface area contributed by atoms with Gasteiger partial charge in [0.15, 0.2) is 0 Å². The summed E-state index contributed by atoms with van der Waals surface area (Å²) in [6, 6.07) is 6.73. The second kappa shape index (κ2) is 10.8. The van der Waals surface area contributed by atoms with Gasteiger partial charge in [-0.25, -0.2) is 18.2 Å². The lowest BCUT2D eigenvalue weighted by Gasteiger charge is -2.44. The third-order valence-corrected chi connectivity index (χ3v) is 8.63. The summed E-state index contributed by atoms with van der Waals surface area (Å²) in [4.78, 5) is 31.9. The van der Waals surface area contributed by atoms with Gasteiger partial charge in [-0.15, -0.1) is 0 Å². The number of nitrogens with zero attached hydrogens (tertiary/aromatic N) is 4. The van der Waals surface area contributed by atoms with Gasteiger partial charge >= 0.3 is 12.1 Å². The number of sulfonamides is 1. The van der Waals surface area contributed by atoms with Crippen LogP contribution in [0.2, 0.25) is 0 Å². The van der Waals surface area contributed by atoms with E-state index in [1.54, 1.807) is 47.2 Å². The smallest absolute Gasteiger partial charge is 0.476 e. The number of hydrogen-bond acceptors (Lipinski definition) is 7. The average molecular weight is 557 g/mol. The van der Waals surface area contributed by atoms with E-state index in [1.165, 1.54) is 0 Å². The first-order valence-electron chi connectivity index (χ1n) is 12.0. The van der Waals surface area contributed by atoms with Gasteiger partial charge < -0.3 is 14.7 Å². The van der Waals surface area contributed by atoms with E-state index in [0.29, 0.717) is 57.1 Å². The molecule has 5 rings (SSSR count). The maximum Gasteiger partial charge on any atom is 0.490 e. The van der Waals surface area contributed by atoms with Crippen LogP contribution in [-0.2, 0) is 14.8 Å². The Morgan fingerprint density at radius 1 is 1.13 bits per heavy atom. The molecule has 1 amide bonds. The van der Waals surface area contributed by atoms with Crippen molar-refractivity contribution in [2.24, 2.45) is 11.3 Å². The van der Waals surface area contributed by atoms with E-state index in [1.807, 2.05) is 4.90 Å².